The highest BCUT2D eigenvalue weighted by Gasteiger charge is 2.32. The van der Waals surface area contributed by atoms with Crippen molar-refractivity contribution in [2.24, 2.45) is 0 Å². The maximum absolute atomic E-state index is 11.4. The molecule has 1 aliphatic carbocycles. The highest BCUT2D eigenvalue weighted by Crippen LogP contribution is 2.27. The van der Waals surface area contributed by atoms with Crippen LogP contribution in [0.5, 0.6) is 0 Å². The second-order valence-corrected chi connectivity index (χ2v) is 4.26. The number of aliphatic hydroxyl groups excluding tert-OH is 2. The Morgan fingerprint density at radius 2 is 2.00 bits per heavy atom. The maximum Gasteiger partial charge on any atom is 0.200 e. The van der Waals surface area contributed by atoms with Gasteiger partial charge in [-0.25, -0.2) is 0 Å². The normalized spacial score (nSPS) is 19.6. The Balaban J connectivity index is 1.99. The number of Topliss-reactive ketones (excluding diaryl/α,β-unsaturated/α-hetero) is 1. The number of rotatable bonds is 5. The van der Waals surface area contributed by atoms with Gasteiger partial charge in [-0.05, 0) is 12.0 Å². The topological polar surface area (TPSA) is 66.8 Å². The lowest BCUT2D eigenvalue weighted by molar-refractivity contribution is -0.118. The molecule has 0 spiro atoms. The van der Waals surface area contributed by atoms with E-state index in [0.29, 0.717) is 12.2 Å². The number of carbonyl (C=O) groups excluding carboxylic acids is 1. The molecular weight excluding hydrogens is 232 g/mol. The molecule has 0 saturated heterocycles. The predicted octanol–water partition coefficient (Wildman–Crippen LogP) is 1.74. The number of allylic oxidation sites excluding steroid dienone is 1. The van der Waals surface area contributed by atoms with E-state index in [1.54, 1.807) is 0 Å². The Kier molecular flexibility index (Phi) is 4.12. The molecule has 0 bridgehead atoms. The third kappa shape index (κ3) is 2.78. The monoisotopic (exact) mass is 248 g/mol. The molecule has 2 N–H and O–H groups in total. The van der Waals surface area contributed by atoms with E-state index in [2.05, 4.69) is 0 Å². The van der Waals surface area contributed by atoms with Gasteiger partial charge in [-0.1, -0.05) is 30.3 Å². The summed E-state index contributed by atoms with van der Waals surface area (Å²) in [5, 5.41) is 18.5. The molecule has 96 valence electrons. The third-order valence-corrected chi connectivity index (χ3v) is 3.00. The van der Waals surface area contributed by atoms with Gasteiger partial charge in [0.15, 0.2) is 11.5 Å². The summed E-state index contributed by atoms with van der Waals surface area (Å²) in [6.45, 7) is 0.291. The molecule has 1 atom stereocenters. The first-order valence-electron chi connectivity index (χ1n) is 5.94. The minimum Gasteiger partial charge on any atom is -0.504 e. The fourth-order valence-corrected chi connectivity index (χ4v) is 2.05. The number of hydrogen-bond acceptors (Lipinski definition) is 4. The zero-order chi connectivity index (χ0) is 13.0. The lowest BCUT2D eigenvalue weighted by Crippen LogP contribution is -2.14. The molecule has 1 aliphatic rings. The Bertz CT molecular complexity index is 450. The highest BCUT2D eigenvalue weighted by atomic mass is 16.5. The van der Waals surface area contributed by atoms with Crippen LogP contribution in [0, 0.1) is 0 Å². The number of hydrogen-bond donors (Lipinski definition) is 2. The van der Waals surface area contributed by atoms with E-state index in [-0.39, 0.29) is 31.0 Å². The van der Waals surface area contributed by atoms with Gasteiger partial charge in [-0.15, -0.1) is 0 Å². The van der Waals surface area contributed by atoms with Crippen LogP contribution in [0.1, 0.15) is 18.4 Å². The van der Waals surface area contributed by atoms with Crippen molar-refractivity contribution in [3.8, 4) is 0 Å². The van der Waals surface area contributed by atoms with Gasteiger partial charge in [-0.3, -0.25) is 4.79 Å². The molecule has 1 aromatic rings. The van der Waals surface area contributed by atoms with Gasteiger partial charge >= 0.3 is 0 Å². The predicted molar refractivity (Wildman–Crippen MR) is 66.0 cm³/mol. The van der Waals surface area contributed by atoms with Crippen LogP contribution in [0.4, 0.5) is 0 Å². The molecule has 0 aromatic heterocycles. The van der Waals surface area contributed by atoms with E-state index < -0.39 is 6.10 Å². The minimum absolute atomic E-state index is 0.0993. The number of carbonyl (C=O) groups is 1. The Morgan fingerprint density at radius 1 is 1.28 bits per heavy atom. The van der Waals surface area contributed by atoms with Crippen LogP contribution < -0.4 is 0 Å². The first-order chi connectivity index (χ1) is 8.72. The zero-order valence-corrected chi connectivity index (χ0v) is 10.0. The van der Waals surface area contributed by atoms with Gasteiger partial charge in [-0.2, -0.15) is 0 Å². The number of ketones is 1. The average Bonchev–Trinajstić information content (AvgIpc) is 2.66. The lowest BCUT2D eigenvalue weighted by atomic mass is 10.1. The third-order valence-electron chi connectivity index (χ3n) is 3.00. The minimum atomic E-state index is -0.412. The summed E-state index contributed by atoms with van der Waals surface area (Å²) in [5.41, 5.74) is 1.53. The quantitative estimate of drug-likeness (QED) is 0.833. The fraction of sp³-hybridized carbons (Fsp3) is 0.357. The van der Waals surface area contributed by atoms with E-state index in [1.807, 2.05) is 30.3 Å². The average molecular weight is 248 g/mol. The van der Waals surface area contributed by atoms with Crippen molar-refractivity contribution < 1.29 is 19.7 Å². The smallest absolute Gasteiger partial charge is 0.200 e. The van der Waals surface area contributed by atoms with E-state index in [9.17, 15) is 9.90 Å². The van der Waals surface area contributed by atoms with Gasteiger partial charge in [0, 0.05) is 18.6 Å². The number of benzene rings is 1. The van der Waals surface area contributed by atoms with Gasteiger partial charge in [0.1, 0.15) is 0 Å². The van der Waals surface area contributed by atoms with E-state index in [4.69, 9.17) is 9.84 Å². The molecule has 0 aliphatic heterocycles. The van der Waals surface area contributed by atoms with Crippen LogP contribution in [0.15, 0.2) is 41.7 Å². The van der Waals surface area contributed by atoms with Crippen molar-refractivity contribution in [2.75, 3.05) is 6.61 Å². The summed E-state index contributed by atoms with van der Waals surface area (Å²) in [6, 6.07) is 9.63. The first kappa shape index (κ1) is 12.8. The number of ether oxygens (including phenoxy) is 1. The molecule has 0 amide bonds. The van der Waals surface area contributed by atoms with Crippen molar-refractivity contribution in [1.29, 1.82) is 0 Å². The van der Waals surface area contributed by atoms with E-state index in [0.717, 1.165) is 5.56 Å². The molecule has 18 heavy (non-hydrogen) atoms. The lowest BCUT2D eigenvalue weighted by Gasteiger charge is -2.14. The second-order valence-electron chi connectivity index (χ2n) is 4.26. The standard InChI is InChI=1S/C14H16O4/c15-7-6-11-13(8-12(16)14(11)17)18-9-10-4-2-1-3-5-10/h1-5,13,15,17H,6-9H2. The Morgan fingerprint density at radius 3 is 2.67 bits per heavy atom. The van der Waals surface area contributed by atoms with Crippen LogP contribution in [0.25, 0.3) is 0 Å². The van der Waals surface area contributed by atoms with Crippen LogP contribution in [0.3, 0.4) is 0 Å². The molecule has 1 aromatic carbocycles. The highest BCUT2D eigenvalue weighted by molar-refractivity contribution is 5.97. The van der Waals surface area contributed by atoms with E-state index >= 15 is 0 Å². The van der Waals surface area contributed by atoms with Crippen LogP contribution in [-0.2, 0) is 16.1 Å². The largest absolute Gasteiger partial charge is 0.504 e. The first-order valence-corrected chi connectivity index (χ1v) is 5.94. The van der Waals surface area contributed by atoms with Gasteiger partial charge in [0.2, 0.25) is 0 Å². The summed E-state index contributed by atoms with van der Waals surface area (Å²) in [7, 11) is 0. The summed E-state index contributed by atoms with van der Waals surface area (Å²) >= 11 is 0. The van der Waals surface area contributed by atoms with E-state index in [1.165, 1.54) is 0 Å². The zero-order valence-electron chi connectivity index (χ0n) is 10.0. The Hall–Kier alpha value is -1.65. The number of aliphatic hydroxyl groups is 2. The molecule has 0 fully saturated rings. The Labute approximate surface area is 106 Å². The maximum atomic E-state index is 11.4. The summed E-state index contributed by atoms with van der Waals surface area (Å²) in [5.74, 6) is -0.543. The molecule has 4 heteroatoms. The van der Waals surface area contributed by atoms with Gasteiger partial charge in [0.05, 0.1) is 12.7 Å². The van der Waals surface area contributed by atoms with Crippen molar-refractivity contribution in [3.63, 3.8) is 0 Å². The SMILES string of the molecule is O=C1CC(OCc2ccccc2)C(CCO)=C1O. The van der Waals surface area contributed by atoms with Crippen molar-refractivity contribution >= 4 is 5.78 Å². The molecule has 0 saturated carbocycles. The van der Waals surface area contributed by atoms with Crippen molar-refractivity contribution in [3.05, 3.63) is 47.2 Å². The van der Waals surface area contributed by atoms with Crippen LogP contribution >= 0.6 is 0 Å². The molecular formula is C14H16O4. The summed E-state index contributed by atoms with van der Waals surface area (Å²) in [4.78, 5) is 11.4. The second kappa shape index (κ2) is 5.80. The van der Waals surface area contributed by atoms with Crippen LogP contribution in [-0.4, -0.2) is 28.7 Å². The summed E-state index contributed by atoms with van der Waals surface area (Å²) < 4.78 is 5.65. The molecule has 1 unspecified atom stereocenters. The van der Waals surface area contributed by atoms with Gasteiger partial charge < -0.3 is 14.9 Å². The molecule has 4 nitrogen and oxygen atoms in total. The van der Waals surface area contributed by atoms with Crippen molar-refractivity contribution in [1.82, 2.24) is 0 Å². The van der Waals surface area contributed by atoms with Crippen molar-refractivity contribution in [2.45, 2.75) is 25.6 Å². The molecule has 0 heterocycles. The summed E-state index contributed by atoms with van der Waals surface area (Å²) in [6.07, 6.45) is 0.0234. The van der Waals surface area contributed by atoms with Gasteiger partial charge in [0.25, 0.3) is 0 Å². The van der Waals surface area contributed by atoms with Crippen LogP contribution in [0.2, 0.25) is 0 Å². The molecule has 0 radical (unpaired) electrons. The molecule has 2 rings (SSSR count). The fourth-order valence-electron chi connectivity index (χ4n) is 2.05.